The van der Waals surface area contributed by atoms with Gasteiger partial charge in [0.1, 0.15) is 5.69 Å². The van der Waals surface area contributed by atoms with Crippen molar-refractivity contribution in [3.05, 3.63) is 46.7 Å². The monoisotopic (exact) mass is 352 g/mol. The van der Waals surface area contributed by atoms with E-state index in [0.29, 0.717) is 18.2 Å². The van der Waals surface area contributed by atoms with Crippen molar-refractivity contribution in [1.82, 2.24) is 29.7 Å². The van der Waals surface area contributed by atoms with Crippen LogP contribution in [0.4, 0.5) is 0 Å². The quantitative estimate of drug-likeness (QED) is 0.786. The van der Waals surface area contributed by atoms with Crippen LogP contribution in [0.3, 0.4) is 0 Å². The predicted molar refractivity (Wildman–Crippen MR) is 98.3 cm³/mol. The molecule has 0 bridgehead atoms. The van der Waals surface area contributed by atoms with Gasteiger partial charge in [-0.15, -0.1) is 0 Å². The van der Waals surface area contributed by atoms with Crippen molar-refractivity contribution in [2.75, 3.05) is 13.1 Å². The normalized spacial score (nSPS) is 17.8. The Morgan fingerprint density at radius 3 is 3.00 bits per heavy atom. The maximum Gasteiger partial charge on any atom is 0.272 e. The third-order valence-electron chi connectivity index (χ3n) is 5.20. The molecule has 1 aliphatic rings. The average molecular weight is 352 g/mol. The number of nitrogens with zero attached hydrogens (tertiary/aromatic N) is 5. The highest BCUT2D eigenvalue weighted by atomic mass is 16.2. The van der Waals surface area contributed by atoms with E-state index in [-0.39, 0.29) is 5.91 Å². The third kappa shape index (κ3) is 2.87. The summed E-state index contributed by atoms with van der Waals surface area (Å²) in [4.78, 5) is 19.5. The largest absolute Gasteiger partial charge is 0.337 e. The van der Waals surface area contributed by atoms with Crippen LogP contribution < -0.4 is 0 Å². The van der Waals surface area contributed by atoms with E-state index in [0.717, 1.165) is 42.8 Å². The molecule has 0 aliphatic carbocycles. The lowest BCUT2D eigenvalue weighted by atomic mass is 9.92. The van der Waals surface area contributed by atoms with Gasteiger partial charge in [0.25, 0.3) is 5.91 Å². The van der Waals surface area contributed by atoms with Crippen molar-refractivity contribution in [3.8, 4) is 0 Å². The third-order valence-corrected chi connectivity index (χ3v) is 5.20. The lowest BCUT2D eigenvalue weighted by Gasteiger charge is -2.32. The summed E-state index contributed by atoms with van der Waals surface area (Å²) in [5, 5.41) is 11.7. The molecule has 0 unspecified atom stereocenters. The van der Waals surface area contributed by atoms with Crippen molar-refractivity contribution in [2.24, 2.45) is 0 Å². The van der Waals surface area contributed by atoms with Crippen LogP contribution in [-0.4, -0.2) is 48.7 Å². The van der Waals surface area contributed by atoms with Crippen LogP contribution >= 0.6 is 0 Å². The first-order valence-electron chi connectivity index (χ1n) is 9.22. The zero-order valence-electron chi connectivity index (χ0n) is 15.5. The van der Waals surface area contributed by atoms with Crippen LogP contribution in [-0.2, 0) is 6.42 Å². The summed E-state index contributed by atoms with van der Waals surface area (Å²) in [5.41, 5.74) is 5.46. The van der Waals surface area contributed by atoms with E-state index in [9.17, 15) is 4.79 Å². The zero-order valence-corrected chi connectivity index (χ0v) is 15.5. The van der Waals surface area contributed by atoms with Gasteiger partial charge in [0.15, 0.2) is 5.65 Å². The van der Waals surface area contributed by atoms with E-state index in [2.05, 4.69) is 27.2 Å². The molecule has 0 spiro atoms. The van der Waals surface area contributed by atoms with Crippen LogP contribution in [0.1, 0.15) is 58.8 Å². The lowest BCUT2D eigenvalue weighted by Crippen LogP contribution is -2.39. The molecule has 1 amide bonds. The molecule has 1 saturated heterocycles. The molecule has 0 radical (unpaired) electrons. The number of piperidine rings is 1. The molecule has 3 aromatic rings. The highest BCUT2D eigenvalue weighted by Gasteiger charge is 2.28. The minimum Gasteiger partial charge on any atom is -0.337 e. The van der Waals surface area contributed by atoms with E-state index in [4.69, 9.17) is 0 Å². The van der Waals surface area contributed by atoms with E-state index < -0.39 is 0 Å². The van der Waals surface area contributed by atoms with Gasteiger partial charge in [-0.3, -0.25) is 9.89 Å². The number of nitrogens with one attached hydrogen (secondary N) is 1. The summed E-state index contributed by atoms with van der Waals surface area (Å²) in [7, 11) is 0. The second kappa shape index (κ2) is 6.55. The number of aryl methyl sites for hydroxylation is 3. The van der Waals surface area contributed by atoms with Gasteiger partial charge in [0, 0.05) is 36.5 Å². The summed E-state index contributed by atoms with van der Waals surface area (Å²) >= 11 is 0. The minimum absolute atomic E-state index is 0.00304. The summed E-state index contributed by atoms with van der Waals surface area (Å²) in [6.07, 6.45) is 4.92. The number of H-pyrrole nitrogens is 1. The van der Waals surface area contributed by atoms with E-state index in [1.807, 2.05) is 37.1 Å². The Hall–Kier alpha value is -2.70. The molecule has 1 aliphatic heterocycles. The Labute approximate surface area is 152 Å². The summed E-state index contributed by atoms with van der Waals surface area (Å²) in [6, 6.07) is 3.74. The summed E-state index contributed by atoms with van der Waals surface area (Å²) in [6.45, 7) is 7.50. The molecule has 0 aromatic carbocycles. The first-order valence-corrected chi connectivity index (χ1v) is 9.22. The fourth-order valence-corrected chi connectivity index (χ4v) is 3.86. The highest BCUT2D eigenvalue weighted by molar-refractivity contribution is 5.93. The van der Waals surface area contributed by atoms with E-state index >= 15 is 0 Å². The first kappa shape index (κ1) is 16.8. The molecule has 1 fully saturated rings. The van der Waals surface area contributed by atoms with Crippen molar-refractivity contribution >= 4 is 11.6 Å². The molecule has 3 aromatic heterocycles. The van der Waals surface area contributed by atoms with Crippen LogP contribution in [0, 0.1) is 13.8 Å². The number of carbonyl (C=O) groups is 1. The topological polar surface area (TPSA) is 79.2 Å². The highest BCUT2D eigenvalue weighted by Crippen LogP contribution is 2.28. The Morgan fingerprint density at radius 1 is 1.35 bits per heavy atom. The average Bonchev–Trinajstić information content (AvgIpc) is 3.27. The number of hydrogen-bond acceptors (Lipinski definition) is 4. The molecule has 1 N–H and O–H groups in total. The van der Waals surface area contributed by atoms with Crippen LogP contribution in [0.25, 0.3) is 5.65 Å². The second-order valence-corrected chi connectivity index (χ2v) is 7.09. The number of carbonyl (C=O) groups excluding carboxylic acids is 1. The molecule has 7 nitrogen and oxygen atoms in total. The zero-order chi connectivity index (χ0) is 18.3. The Kier molecular flexibility index (Phi) is 4.22. The molecule has 4 rings (SSSR count). The maximum atomic E-state index is 13.1. The number of fused-ring (bicyclic) bond motifs is 1. The van der Waals surface area contributed by atoms with Gasteiger partial charge >= 0.3 is 0 Å². The molecular weight excluding hydrogens is 328 g/mol. The van der Waals surface area contributed by atoms with Gasteiger partial charge in [0.2, 0.25) is 0 Å². The molecule has 26 heavy (non-hydrogen) atoms. The van der Waals surface area contributed by atoms with Gasteiger partial charge in [-0.05, 0) is 44.7 Å². The van der Waals surface area contributed by atoms with Gasteiger partial charge in [-0.25, -0.2) is 9.50 Å². The Balaban J connectivity index is 1.60. The molecular formula is C19H24N6O. The lowest BCUT2D eigenvalue weighted by molar-refractivity contribution is 0.0699. The van der Waals surface area contributed by atoms with Crippen molar-refractivity contribution < 1.29 is 4.79 Å². The van der Waals surface area contributed by atoms with Gasteiger partial charge in [0.05, 0.1) is 11.9 Å². The van der Waals surface area contributed by atoms with Crippen molar-refractivity contribution in [1.29, 1.82) is 0 Å². The molecule has 4 heterocycles. The Bertz CT molecular complexity index is 956. The molecule has 7 heteroatoms. The Morgan fingerprint density at radius 2 is 2.19 bits per heavy atom. The van der Waals surface area contributed by atoms with Crippen LogP contribution in [0.2, 0.25) is 0 Å². The number of aromatic nitrogens is 5. The number of aromatic amines is 1. The van der Waals surface area contributed by atoms with E-state index in [1.165, 1.54) is 11.3 Å². The fraction of sp³-hybridized carbons (Fsp3) is 0.474. The number of likely N-dealkylation sites (tertiary alicyclic amines) is 1. The standard InChI is InChI=1S/C19H24N6O/c1-4-14-10-20-22-18(14)15-6-5-7-24(11-15)19(26)16-9-13(3)25-17(21-16)8-12(2)23-25/h8-10,15H,4-7,11H2,1-3H3,(H,20,22)/t15-/m0/s1. The van der Waals surface area contributed by atoms with Crippen LogP contribution in [0.5, 0.6) is 0 Å². The fourth-order valence-electron chi connectivity index (χ4n) is 3.86. The predicted octanol–water partition coefficient (Wildman–Crippen LogP) is 2.65. The second-order valence-electron chi connectivity index (χ2n) is 7.09. The van der Waals surface area contributed by atoms with Crippen molar-refractivity contribution in [2.45, 2.75) is 46.0 Å². The molecule has 136 valence electrons. The minimum atomic E-state index is -0.00304. The van der Waals surface area contributed by atoms with Crippen LogP contribution in [0.15, 0.2) is 18.3 Å². The van der Waals surface area contributed by atoms with Crippen molar-refractivity contribution in [3.63, 3.8) is 0 Å². The maximum absolute atomic E-state index is 13.1. The molecule has 1 atom stereocenters. The SMILES string of the molecule is CCc1cn[nH]c1[C@H]1CCCN(C(=O)c2cc(C)n3nc(C)cc3n2)C1. The van der Waals surface area contributed by atoms with Gasteiger partial charge < -0.3 is 4.90 Å². The van der Waals surface area contributed by atoms with Gasteiger partial charge in [-0.1, -0.05) is 6.92 Å². The first-order chi connectivity index (χ1) is 12.6. The number of rotatable bonds is 3. The van der Waals surface area contributed by atoms with E-state index in [1.54, 1.807) is 4.52 Å². The summed E-state index contributed by atoms with van der Waals surface area (Å²) < 4.78 is 1.78. The van der Waals surface area contributed by atoms with Gasteiger partial charge in [-0.2, -0.15) is 10.2 Å². The number of amides is 1. The summed E-state index contributed by atoms with van der Waals surface area (Å²) in [5.74, 6) is 0.309. The number of hydrogen-bond donors (Lipinski definition) is 1. The smallest absolute Gasteiger partial charge is 0.272 e. The molecule has 0 saturated carbocycles.